The van der Waals surface area contributed by atoms with Crippen LogP contribution in [0.4, 0.5) is 0 Å². The molecule has 0 saturated heterocycles. The highest BCUT2D eigenvalue weighted by Crippen LogP contribution is 2.30. The zero-order valence-electron chi connectivity index (χ0n) is 20.1. The molecule has 0 bridgehead atoms. The summed E-state index contributed by atoms with van der Waals surface area (Å²) in [5.74, 6) is -0.249. The van der Waals surface area contributed by atoms with Gasteiger partial charge in [-0.15, -0.1) is 0 Å². The molecule has 0 amide bonds. The molecule has 2 aromatic carbocycles. The molecule has 0 fully saturated rings. The van der Waals surface area contributed by atoms with E-state index in [1.165, 1.54) is 23.1 Å². The molecule has 0 spiro atoms. The summed E-state index contributed by atoms with van der Waals surface area (Å²) >= 11 is 6.18. The fraction of sp³-hybridized carbons (Fsp3) is 0.333. The Morgan fingerprint density at radius 3 is 2.58 bits per heavy atom. The maximum atomic E-state index is 11.2. The molecule has 33 heavy (non-hydrogen) atoms. The van der Waals surface area contributed by atoms with E-state index in [2.05, 4.69) is 42.7 Å². The SMILES string of the molecule is CCCCn1cc(-n2c(C)c(C)c3ccc(Cl)cc32)cn1.CCOC(=O)c1cccc(C)c1. The van der Waals surface area contributed by atoms with Crippen LogP contribution in [0, 0.1) is 20.8 Å². The van der Waals surface area contributed by atoms with Crippen LogP contribution in [0.2, 0.25) is 5.02 Å². The Balaban J connectivity index is 0.000000218. The molecule has 0 aliphatic carbocycles. The van der Waals surface area contributed by atoms with Gasteiger partial charge in [-0.05, 0) is 63.9 Å². The average molecular weight is 466 g/mol. The number of esters is 1. The molecule has 0 aliphatic rings. The Morgan fingerprint density at radius 1 is 1.09 bits per heavy atom. The van der Waals surface area contributed by atoms with Crippen molar-refractivity contribution in [3.05, 3.63) is 82.3 Å². The van der Waals surface area contributed by atoms with Crippen LogP contribution in [-0.2, 0) is 11.3 Å². The summed E-state index contributed by atoms with van der Waals surface area (Å²) in [7, 11) is 0. The number of carbonyl (C=O) groups is 1. The molecule has 6 heteroatoms. The molecule has 2 heterocycles. The van der Waals surface area contributed by atoms with Gasteiger partial charge in [0, 0.05) is 28.8 Å². The summed E-state index contributed by atoms with van der Waals surface area (Å²) in [4.78, 5) is 11.2. The summed E-state index contributed by atoms with van der Waals surface area (Å²) in [5, 5.41) is 6.48. The Labute approximate surface area is 200 Å². The molecule has 174 valence electrons. The lowest BCUT2D eigenvalue weighted by Gasteiger charge is -2.05. The third kappa shape index (κ3) is 5.85. The number of aromatic nitrogens is 3. The highest BCUT2D eigenvalue weighted by atomic mass is 35.5. The molecular weight excluding hydrogens is 434 g/mol. The van der Waals surface area contributed by atoms with E-state index in [4.69, 9.17) is 16.3 Å². The van der Waals surface area contributed by atoms with Crippen LogP contribution in [0.25, 0.3) is 16.6 Å². The number of carbonyl (C=O) groups excluding carboxylic acids is 1. The minimum absolute atomic E-state index is 0.249. The van der Waals surface area contributed by atoms with Crippen molar-refractivity contribution in [1.29, 1.82) is 0 Å². The van der Waals surface area contributed by atoms with E-state index in [1.807, 2.05) is 48.1 Å². The van der Waals surface area contributed by atoms with Crippen molar-refractivity contribution in [2.24, 2.45) is 0 Å². The second-order valence-electron chi connectivity index (χ2n) is 8.11. The number of rotatable bonds is 6. The first-order chi connectivity index (χ1) is 15.8. The lowest BCUT2D eigenvalue weighted by molar-refractivity contribution is 0.0526. The van der Waals surface area contributed by atoms with Gasteiger partial charge >= 0.3 is 5.97 Å². The largest absolute Gasteiger partial charge is 0.462 e. The predicted octanol–water partition coefficient (Wildman–Crippen LogP) is 7.07. The van der Waals surface area contributed by atoms with Crippen molar-refractivity contribution < 1.29 is 9.53 Å². The van der Waals surface area contributed by atoms with Crippen molar-refractivity contribution in [3.63, 3.8) is 0 Å². The van der Waals surface area contributed by atoms with E-state index >= 15 is 0 Å². The van der Waals surface area contributed by atoms with Gasteiger partial charge < -0.3 is 9.30 Å². The Bertz CT molecular complexity index is 1240. The number of benzene rings is 2. The van der Waals surface area contributed by atoms with Crippen molar-refractivity contribution in [1.82, 2.24) is 14.3 Å². The fourth-order valence-electron chi connectivity index (χ4n) is 3.78. The topological polar surface area (TPSA) is 49.0 Å². The fourth-order valence-corrected chi connectivity index (χ4v) is 3.95. The highest BCUT2D eigenvalue weighted by Gasteiger charge is 2.14. The van der Waals surface area contributed by atoms with Crippen LogP contribution in [0.15, 0.2) is 54.9 Å². The second-order valence-corrected chi connectivity index (χ2v) is 8.55. The van der Waals surface area contributed by atoms with Crippen LogP contribution < -0.4 is 0 Å². The van der Waals surface area contributed by atoms with Gasteiger partial charge in [0.25, 0.3) is 0 Å². The zero-order chi connectivity index (χ0) is 24.0. The van der Waals surface area contributed by atoms with E-state index in [9.17, 15) is 4.79 Å². The van der Waals surface area contributed by atoms with Gasteiger partial charge in [0.15, 0.2) is 0 Å². The van der Waals surface area contributed by atoms with E-state index in [0.717, 1.165) is 34.8 Å². The lowest BCUT2D eigenvalue weighted by atomic mass is 10.1. The number of aryl methyl sites for hydroxylation is 3. The van der Waals surface area contributed by atoms with E-state index in [-0.39, 0.29) is 5.97 Å². The van der Waals surface area contributed by atoms with Gasteiger partial charge in [-0.2, -0.15) is 5.10 Å². The summed E-state index contributed by atoms with van der Waals surface area (Å²) in [6, 6.07) is 13.4. The van der Waals surface area contributed by atoms with Crippen molar-refractivity contribution >= 4 is 28.5 Å². The maximum absolute atomic E-state index is 11.2. The van der Waals surface area contributed by atoms with E-state index in [0.29, 0.717) is 12.2 Å². The molecule has 0 unspecified atom stereocenters. The number of unbranched alkanes of at least 4 members (excludes halogenated alkanes) is 1. The lowest BCUT2D eigenvalue weighted by Crippen LogP contribution is -2.04. The van der Waals surface area contributed by atoms with Gasteiger partial charge in [-0.3, -0.25) is 4.68 Å². The molecule has 0 radical (unpaired) electrons. The molecule has 5 nitrogen and oxygen atoms in total. The van der Waals surface area contributed by atoms with Crippen molar-refractivity contribution in [2.45, 2.75) is 54.0 Å². The van der Waals surface area contributed by atoms with Crippen molar-refractivity contribution in [2.75, 3.05) is 6.61 Å². The molecular formula is C27H32ClN3O2. The van der Waals surface area contributed by atoms with E-state index in [1.54, 1.807) is 13.0 Å². The number of ether oxygens (including phenoxy) is 1. The van der Waals surface area contributed by atoms with Gasteiger partial charge in [0.2, 0.25) is 0 Å². The quantitative estimate of drug-likeness (QED) is 0.286. The molecule has 4 aromatic rings. The maximum Gasteiger partial charge on any atom is 0.338 e. The second kappa shape index (κ2) is 11.2. The first-order valence-corrected chi connectivity index (χ1v) is 11.8. The summed E-state index contributed by atoms with van der Waals surface area (Å²) in [6.45, 7) is 11.6. The Morgan fingerprint density at radius 2 is 1.88 bits per heavy atom. The Kier molecular flexibility index (Phi) is 8.34. The Hall–Kier alpha value is -3.05. The number of hydrogen-bond acceptors (Lipinski definition) is 3. The van der Waals surface area contributed by atoms with Crippen molar-refractivity contribution in [3.8, 4) is 5.69 Å². The van der Waals surface area contributed by atoms with Gasteiger partial charge in [0.1, 0.15) is 0 Å². The molecule has 0 aliphatic heterocycles. The summed E-state index contributed by atoms with van der Waals surface area (Å²) in [5.41, 5.74) is 6.47. The molecule has 0 atom stereocenters. The minimum Gasteiger partial charge on any atom is -0.462 e. The van der Waals surface area contributed by atoms with Crippen LogP contribution in [0.5, 0.6) is 0 Å². The number of fused-ring (bicyclic) bond motifs is 1. The number of halogens is 1. The molecule has 4 rings (SSSR count). The predicted molar refractivity (Wildman–Crippen MR) is 136 cm³/mol. The number of hydrogen-bond donors (Lipinski definition) is 0. The van der Waals surface area contributed by atoms with Gasteiger partial charge in [-0.25, -0.2) is 4.79 Å². The summed E-state index contributed by atoms with van der Waals surface area (Å²) in [6.07, 6.45) is 6.37. The normalized spacial score (nSPS) is 10.7. The third-order valence-electron chi connectivity index (χ3n) is 5.63. The van der Waals surface area contributed by atoms with Crippen LogP contribution in [0.3, 0.4) is 0 Å². The smallest absolute Gasteiger partial charge is 0.338 e. The van der Waals surface area contributed by atoms with E-state index < -0.39 is 0 Å². The zero-order valence-corrected chi connectivity index (χ0v) is 20.8. The van der Waals surface area contributed by atoms with Gasteiger partial charge in [0.05, 0.1) is 29.6 Å². The van der Waals surface area contributed by atoms with Gasteiger partial charge in [-0.1, -0.05) is 48.7 Å². The molecule has 2 aromatic heterocycles. The number of nitrogens with zero attached hydrogens (tertiary/aromatic N) is 3. The standard InChI is InChI=1S/C17H20ClN3.C10H12O2/c1-4-5-8-20-11-15(10-19-20)21-13(3)12(2)16-7-6-14(18)9-17(16)21;1-3-12-10(11)9-6-4-5-8(2)7-9/h6-7,9-11H,4-5,8H2,1-3H3;4-7H,3H2,1-2H3. The minimum atomic E-state index is -0.249. The third-order valence-corrected chi connectivity index (χ3v) is 5.87. The molecule has 0 N–H and O–H groups in total. The van der Waals surface area contributed by atoms with Crippen LogP contribution in [0.1, 0.15) is 53.9 Å². The first-order valence-electron chi connectivity index (χ1n) is 11.4. The average Bonchev–Trinajstić information content (AvgIpc) is 3.35. The highest BCUT2D eigenvalue weighted by molar-refractivity contribution is 6.31. The van der Waals surface area contributed by atoms with Crippen LogP contribution in [-0.4, -0.2) is 26.9 Å². The van der Waals surface area contributed by atoms with Crippen LogP contribution >= 0.6 is 11.6 Å². The summed E-state index contributed by atoms with van der Waals surface area (Å²) < 4.78 is 9.10. The monoisotopic (exact) mass is 465 g/mol. The first kappa shape index (κ1) is 24.6. The molecule has 0 saturated carbocycles.